The van der Waals surface area contributed by atoms with Crippen molar-refractivity contribution in [1.29, 1.82) is 0 Å². The SMILES string of the molecule is CC(CN)(CO)c1cnccn1. The average molecular weight is 167 g/mol. The Morgan fingerprint density at radius 2 is 2.33 bits per heavy atom. The van der Waals surface area contributed by atoms with Crippen molar-refractivity contribution >= 4 is 0 Å². The van der Waals surface area contributed by atoms with E-state index in [2.05, 4.69) is 9.97 Å². The number of nitrogens with two attached hydrogens (primary N) is 1. The first-order valence-corrected chi connectivity index (χ1v) is 3.80. The molecule has 1 aromatic rings. The van der Waals surface area contributed by atoms with Crippen molar-refractivity contribution < 1.29 is 5.11 Å². The Kier molecular flexibility index (Phi) is 2.73. The number of aliphatic hydroxyl groups is 1. The van der Waals surface area contributed by atoms with Crippen LogP contribution in [-0.2, 0) is 5.41 Å². The van der Waals surface area contributed by atoms with Gasteiger partial charge in [0.25, 0.3) is 0 Å². The third-order valence-electron chi connectivity index (χ3n) is 1.98. The zero-order chi connectivity index (χ0) is 9.03. The van der Waals surface area contributed by atoms with Gasteiger partial charge in [-0.25, -0.2) is 0 Å². The van der Waals surface area contributed by atoms with Gasteiger partial charge >= 0.3 is 0 Å². The van der Waals surface area contributed by atoms with Crippen LogP contribution in [0.2, 0.25) is 0 Å². The normalized spacial score (nSPS) is 15.6. The van der Waals surface area contributed by atoms with Gasteiger partial charge < -0.3 is 10.8 Å². The first-order chi connectivity index (χ1) is 5.73. The van der Waals surface area contributed by atoms with Crippen LogP contribution in [0, 0.1) is 0 Å². The van der Waals surface area contributed by atoms with Crippen LogP contribution < -0.4 is 5.73 Å². The number of aromatic nitrogens is 2. The first kappa shape index (κ1) is 9.09. The molecular formula is C8H13N3O. The van der Waals surface area contributed by atoms with E-state index in [1.165, 1.54) is 0 Å². The molecule has 4 nitrogen and oxygen atoms in total. The van der Waals surface area contributed by atoms with Gasteiger partial charge in [0.2, 0.25) is 0 Å². The molecule has 3 N–H and O–H groups in total. The van der Waals surface area contributed by atoms with Crippen LogP contribution in [0.5, 0.6) is 0 Å². The zero-order valence-corrected chi connectivity index (χ0v) is 7.07. The molecule has 0 bridgehead atoms. The van der Waals surface area contributed by atoms with Crippen LogP contribution in [0.25, 0.3) is 0 Å². The molecule has 0 radical (unpaired) electrons. The molecular weight excluding hydrogens is 154 g/mol. The molecule has 0 saturated heterocycles. The maximum absolute atomic E-state index is 9.09. The quantitative estimate of drug-likeness (QED) is 0.647. The number of nitrogens with zero attached hydrogens (tertiary/aromatic N) is 2. The fourth-order valence-corrected chi connectivity index (χ4v) is 0.861. The highest BCUT2D eigenvalue weighted by Crippen LogP contribution is 2.17. The fraction of sp³-hybridized carbons (Fsp3) is 0.500. The van der Waals surface area contributed by atoms with Crippen LogP contribution in [-0.4, -0.2) is 28.2 Å². The monoisotopic (exact) mass is 167 g/mol. The van der Waals surface area contributed by atoms with Crippen molar-refractivity contribution in [3.8, 4) is 0 Å². The van der Waals surface area contributed by atoms with Crippen LogP contribution in [0.4, 0.5) is 0 Å². The van der Waals surface area contributed by atoms with Gasteiger partial charge in [-0.1, -0.05) is 6.92 Å². The average Bonchev–Trinajstić information content (AvgIpc) is 2.18. The lowest BCUT2D eigenvalue weighted by molar-refractivity contribution is 0.206. The molecule has 12 heavy (non-hydrogen) atoms. The molecule has 0 fully saturated rings. The molecule has 0 aliphatic heterocycles. The highest BCUT2D eigenvalue weighted by molar-refractivity contribution is 5.12. The number of hydrogen-bond acceptors (Lipinski definition) is 4. The lowest BCUT2D eigenvalue weighted by atomic mass is 9.88. The van der Waals surface area contributed by atoms with Crippen LogP contribution in [0.3, 0.4) is 0 Å². The van der Waals surface area contributed by atoms with Crippen LogP contribution >= 0.6 is 0 Å². The van der Waals surface area contributed by atoms with Gasteiger partial charge in [0.1, 0.15) is 0 Å². The van der Waals surface area contributed by atoms with E-state index in [1.807, 2.05) is 6.92 Å². The van der Waals surface area contributed by atoms with Gasteiger partial charge in [-0.15, -0.1) is 0 Å². The van der Waals surface area contributed by atoms with Crippen molar-refractivity contribution in [3.05, 3.63) is 24.3 Å². The molecule has 4 heteroatoms. The second-order valence-electron chi connectivity index (χ2n) is 3.01. The highest BCUT2D eigenvalue weighted by Gasteiger charge is 2.25. The molecule has 0 amide bonds. The molecule has 1 atom stereocenters. The van der Waals surface area contributed by atoms with Gasteiger partial charge in [0.15, 0.2) is 0 Å². The largest absolute Gasteiger partial charge is 0.395 e. The number of aliphatic hydroxyl groups excluding tert-OH is 1. The summed E-state index contributed by atoms with van der Waals surface area (Å²) < 4.78 is 0. The first-order valence-electron chi connectivity index (χ1n) is 3.80. The van der Waals surface area contributed by atoms with Crippen molar-refractivity contribution in [2.45, 2.75) is 12.3 Å². The number of rotatable bonds is 3. The molecule has 0 aliphatic carbocycles. The van der Waals surface area contributed by atoms with Gasteiger partial charge in [-0.3, -0.25) is 9.97 Å². The van der Waals surface area contributed by atoms with Gasteiger partial charge in [0.05, 0.1) is 12.3 Å². The minimum atomic E-state index is -0.464. The van der Waals surface area contributed by atoms with E-state index >= 15 is 0 Å². The maximum Gasteiger partial charge on any atom is 0.0681 e. The molecule has 66 valence electrons. The standard InChI is InChI=1S/C8H13N3O/c1-8(5-9,6-12)7-4-10-2-3-11-7/h2-4,12H,5-6,9H2,1H3. The van der Waals surface area contributed by atoms with Crippen molar-refractivity contribution in [3.63, 3.8) is 0 Å². The summed E-state index contributed by atoms with van der Waals surface area (Å²) in [5, 5.41) is 9.09. The second-order valence-corrected chi connectivity index (χ2v) is 3.01. The van der Waals surface area contributed by atoms with E-state index in [1.54, 1.807) is 18.6 Å². The summed E-state index contributed by atoms with van der Waals surface area (Å²) in [6, 6.07) is 0. The van der Waals surface area contributed by atoms with E-state index in [4.69, 9.17) is 10.8 Å². The zero-order valence-electron chi connectivity index (χ0n) is 7.07. The lowest BCUT2D eigenvalue weighted by Crippen LogP contribution is -2.36. The molecule has 0 saturated carbocycles. The van der Waals surface area contributed by atoms with E-state index in [0.717, 1.165) is 5.69 Å². The van der Waals surface area contributed by atoms with Crippen molar-refractivity contribution in [2.75, 3.05) is 13.2 Å². The molecule has 1 unspecified atom stereocenters. The summed E-state index contributed by atoms with van der Waals surface area (Å²) >= 11 is 0. The summed E-state index contributed by atoms with van der Waals surface area (Å²) in [5.41, 5.74) is 5.79. The lowest BCUT2D eigenvalue weighted by Gasteiger charge is -2.23. The predicted molar refractivity (Wildman–Crippen MR) is 45.5 cm³/mol. The Hall–Kier alpha value is -1.00. The highest BCUT2D eigenvalue weighted by atomic mass is 16.3. The van der Waals surface area contributed by atoms with Crippen LogP contribution in [0.1, 0.15) is 12.6 Å². The molecule has 1 heterocycles. The Morgan fingerprint density at radius 1 is 1.58 bits per heavy atom. The topological polar surface area (TPSA) is 72.0 Å². The smallest absolute Gasteiger partial charge is 0.0681 e. The van der Waals surface area contributed by atoms with E-state index in [9.17, 15) is 0 Å². The molecule has 0 aromatic carbocycles. The minimum absolute atomic E-state index is 0.0117. The molecule has 0 aliphatic rings. The second kappa shape index (κ2) is 3.60. The molecule has 1 rings (SSSR count). The summed E-state index contributed by atoms with van der Waals surface area (Å²) in [6.07, 6.45) is 4.82. The Labute approximate surface area is 71.5 Å². The van der Waals surface area contributed by atoms with Crippen LogP contribution in [0.15, 0.2) is 18.6 Å². The van der Waals surface area contributed by atoms with Gasteiger partial charge in [-0.05, 0) is 0 Å². The van der Waals surface area contributed by atoms with E-state index in [0.29, 0.717) is 6.54 Å². The molecule has 0 spiro atoms. The summed E-state index contributed by atoms with van der Waals surface area (Å²) in [6.45, 7) is 2.21. The Morgan fingerprint density at radius 3 is 2.75 bits per heavy atom. The Bertz CT molecular complexity index is 233. The molecule has 1 aromatic heterocycles. The van der Waals surface area contributed by atoms with E-state index in [-0.39, 0.29) is 6.61 Å². The predicted octanol–water partition coefficient (Wildman–Crippen LogP) is -0.315. The summed E-state index contributed by atoms with van der Waals surface area (Å²) in [7, 11) is 0. The van der Waals surface area contributed by atoms with Gasteiger partial charge in [-0.2, -0.15) is 0 Å². The number of hydrogen-bond donors (Lipinski definition) is 2. The van der Waals surface area contributed by atoms with E-state index < -0.39 is 5.41 Å². The fourth-order valence-electron chi connectivity index (χ4n) is 0.861. The Balaban J connectivity index is 2.95. The maximum atomic E-state index is 9.09. The van der Waals surface area contributed by atoms with Crippen molar-refractivity contribution in [2.24, 2.45) is 5.73 Å². The minimum Gasteiger partial charge on any atom is -0.395 e. The third-order valence-corrected chi connectivity index (χ3v) is 1.98. The van der Waals surface area contributed by atoms with Crippen molar-refractivity contribution in [1.82, 2.24) is 9.97 Å². The summed E-state index contributed by atoms with van der Waals surface area (Å²) in [4.78, 5) is 8.01. The third kappa shape index (κ3) is 1.60. The summed E-state index contributed by atoms with van der Waals surface area (Å²) in [5.74, 6) is 0. The van der Waals surface area contributed by atoms with Gasteiger partial charge in [0, 0.05) is 30.6 Å².